The summed E-state index contributed by atoms with van der Waals surface area (Å²) in [5.74, 6) is 1.98. The van der Waals surface area contributed by atoms with Gasteiger partial charge in [-0.15, -0.1) is 0 Å². The number of nitrogens with zero attached hydrogens (tertiary/aromatic N) is 1. The van der Waals surface area contributed by atoms with Gasteiger partial charge in [0.15, 0.2) is 0 Å². The molecule has 1 amide bonds. The molecule has 1 fully saturated rings. The van der Waals surface area contributed by atoms with E-state index in [0.717, 1.165) is 87.7 Å². The number of carbonyl (C=O) groups is 3. The average molecular weight is 631 g/mol. The zero-order valence-electron chi connectivity index (χ0n) is 26.0. The van der Waals surface area contributed by atoms with Crippen LogP contribution in [0.2, 0.25) is 0 Å². The molecule has 8 nitrogen and oxygen atoms in total. The lowest BCUT2D eigenvalue weighted by atomic mass is 10.1. The molecule has 1 aromatic rings. The van der Waals surface area contributed by atoms with E-state index in [2.05, 4.69) is 33.8 Å². The van der Waals surface area contributed by atoms with E-state index in [4.69, 9.17) is 4.74 Å². The Kier molecular flexibility index (Phi) is 16.7. The Bertz CT molecular complexity index is 1090. The first-order chi connectivity index (χ1) is 21.0. The van der Waals surface area contributed by atoms with E-state index in [-0.39, 0.29) is 17.5 Å². The molecule has 1 atom stereocenters. The number of ether oxygens (including phenoxy) is 1. The molecule has 0 bridgehead atoms. The minimum atomic E-state index is -0.171. The summed E-state index contributed by atoms with van der Waals surface area (Å²) >= 11 is 0. The smallest absolute Gasteiger partial charge is 0.219 e. The summed E-state index contributed by atoms with van der Waals surface area (Å²) in [6.07, 6.45) is 12.8. The SMILES string of the molecule is CCN(CCCNC1=CC(=O)C(NCCCCCCNC(=O)CCCCC2CCSS2)=CC1=O)Cc1ccccc1OC. The third-order valence-electron chi connectivity index (χ3n) is 7.73. The number of ketones is 2. The third-order valence-corrected chi connectivity index (χ3v) is 10.7. The number of unbranched alkanes of at least 4 members (excludes halogenated alkanes) is 4. The number of amides is 1. The van der Waals surface area contributed by atoms with Gasteiger partial charge < -0.3 is 20.7 Å². The van der Waals surface area contributed by atoms with Crippen LogP contribution in [0.5, 0.6) is 5.75 Å². The molecule has 0 radical (unpaired) electrons. The number of rotatable bonds is 22. The Balaban J connectivity index is 1.20. The molecule has 2 aliphatic rings. The minimum absolute atomic E-state index is 0.163. The van der Waals surface area contributed by atoms with Crippen LogP contribution in [0.15, 0.2) is 47.8 Å². The van der Waals surface area contributed by atoms with Crippen molar-refractivity contribution in [3.8, 4) is 5.75 Å². The van der Waals surface area contributed by atoms with E-state index in [1.165, 1.54) is 30.7 Å². The summed E-state index contributed by atoms with van der Waals surface area (Å²) in [5, 5.41) is 10.1. The van der Waals surface area contributed by atoms with E-state index < -0.39 is 0 Å². The van der Waals surface area contributed by atoms with Gasteiger partial charge in [-0.3, -0.25) is 19.3 Å². The van der Waals surface area contributed by atoms with Gasteiger partial charge in [-0.2, -0.15) is 0 Å². The molecule has 1 heterocycles. The van der Waals surface area contributed by atoms with Gasteiger partial charge in [0.1, 0.15) is 5.75 Å². The van der Waals surface area contributed by atoms with Crippen LogP contribution in [0.25, 0.3) is 0 Å². The summed E-state index contributed by atoms with van der Waals surface area (Å²) < 4.78 is 5.47. The molecule has 10 heteroatoms. The monoisotopic (exact) mass is 630 g/mol. The second kappa shape index (κ2) is 20.5. The number of carbonyl (C=O) groups excluding carboxylic acids is 3. The molecule has 238 valence electrons. The Morgan fingerprint density at radius 1 is 0.930 bits per heavy atom. The van der Waals surface area contributed by atoms with Crippen molar-refractivity contribution < 1.29 is 19.1 Å². The average Bonchev–Trinajstić information content (AvgIpc) is 3.54. The summed E-state index contributed by atoms with van der Waals surface area (Å²) in [5.41, 5.74) is 1.87. The number of hydrogen-bond donors (Lipinski definition) is 3. The van der Waals surface area contributed by atoms with Crippen LogP contribution in [0.3, 0.4) is 0 Å². The van der Waals surface area contributed by atoms with Crippen molar-refractivity contribution in [2.75, 3.05) is 45.6 Å². The van der Waals surface area contributed by atoms with Gasteiger partial charge in [0, 0.05) is 67.9 Å². The van der Waals surface area contributed by atoms with Gasteiger partial charge in [-0.1, -0.05) is 66.0 Å². The molecule has 0 aromatic heterocycles. The van der Waals surface area contributed by atoms with Crippen molar-refractivity contribution in [2.24, 2.45) is 0 Å². The van der Waals surface area contributed by atoms with Crippen LogP contribution < -0.4 is 20.7 Å². The van der Waals surface area contributed by atoms with Crippen molar-refractivity contribution in [1.29, 1.82) is 0 Å². The highest BCUT2D eigenvalue weighted by Gasteiger charge is 2.20. The van der Waals surface area contributed by atoms with Crippen LogP contribution in [-0.4, -0.2) is 73.2 Å². The van der Waals surface area contributed by atoms with E-state index >= 15 is 0 Å². The molecule has 1 saturated heterocycles. The summed E-state index contributed by atoms with van der Waals surface area (Å²) in [6.45, 7) is 6.68. The van der Waals surface area contributed by atoms with Gasteiger partial charge in [0.25, 0.3) is 0 Å². The van der Waals surface area contributed by atoms with Gasteiger partial charge >= 0.3 is 0 Å². The fourth-order valence-corrected chi connectivity index (χ4v) is 8.18. The molecule has 1 aliphatic heterocycles. The normalized spacial score (nSPS) is 16.7. The van der Waals surface area contributed by atoms with Crippen LogP contribution in [0, 0.1) is 0 Å². The molecule has 0 saturated carbocycles. The second-order valence-corrected chi connectivity index (χ2v) is 13.9. The second-order valence-electron chi connectivity index (χ2n) is 11.1. The van der Waals surface area contributed by atoms with E-state index in [0.29, 0.717) is 30.9 Å². The Labute approximate surface area is 266 Å². The molecule has 1 aromatic carbocycles. The zero-order chi connectivity index (χ0) is 30.7. The number of para-hydroxylation sites is 1. The molecular weight excluding hydrogens is 581 g/mol. The summed E-state index contributed by atoms with van der Waals surface area (Å²) in [6, 6.07) is 8.04. The van der Waals surface area contributed by atoms with Crippen LogP contribution in [-0.2, 0) is 20.9 Å². The predicted molar refractivity (Wildman–Crippen MR) is 179 cm³/mol. The van der Waals surface area contributed by atoms with Crippen LogP contribution >= 0.6 is 21.6 Å². The standard InChI is InChI=1S/C33H50N4O4S2/c1-3-37(25-26-13-6-8-15-32(26)41-2)21-12-20-35-29-24-30(38)28(23-31(29)39)34-18-10-4-5-11-19-36-33(40)16-9-7-14-27-17-22-42-43-27/h6,8,13,15,23-24,27,34-35H,3-5,7,9-12,14,16-22,25H2,1-2H3,(H,36,40). The van der Waals surface area contributed by atoms with Gasteiger partial charge in [-0.25, -0.2) is 0 Å². The maximum absolute atomic E-state index is 12.6. The molecular formula is C33H50N4O4S2. The highest BCUT2D eigenvalue weighted by atomic mass is 33.1. The zero-order valence-corrected chi connectivity index (χ0v) is 27.6. The predicted octanol–water partition coefficient (Wildman–Crippen LogP) is 5.40. The summed E-state index contributed by atoms with van der Waals surface area (Å²) in [4.78, 5) is 39.5. The van der Waals surface area contributed by atoms with E-state index in [9.17, 15) is 14.4 Å². The maximum atomic E-state index is 12.6. The number of hydrogen-bond acceptors (Lipinski definition) is 9. The van der Waals surface area contributed by atoms with Crippen molar-refractivity contribution >= 4 is 39.1 Å². The van der Waals surface area contributed by atoms with Crippen LogP contribution in [0.4, 0.5) is 0 Å². The Morgan fingerprint density at radius 2 is 1.63 bits per heavy atom. The van der Waals surface area contributed by atoms with Gasteiger partial charge in [0.05, 0.1) is 18.5 Å². The lowest BCUT2D eigenvalue weighted by Crippen LogP contribution is -2.31. The van der Waals surface area contributed by atoms with Crippen molar-refractivity contribution in [2.45, 2.75) is 82.9 Å². The molecule has 0 spiro atoms. The molecule has 3 N–H and O–H groups in total. The molecule has 43 heavy (non-hydrogen) atoms. The Hall–Kier alpha value is -2.43. The first-order valence-corrected chi connectivity index (χ1v) is 18.3. The quantitative estimate of drug-likeness (QED) is 0.0884. The first kappa shape index (κ1) is 35.1. The third kappa shape index (κ3) is 13.4. The number of nitrogens with one attached hydrogen (secondary N) is 3. The topological polar surface area (TPSA) is 99.8 Å². The van der Waals surface area contributed by atoms with Crippen molar-refractivity contribution in [3.63, 3.8) is 0 Å². The first-order valence-electron chi connectivity index (χ1n) is 15.9. The van der Waals surface area contributed by atoms with Gasteiger partial charge in [0.2, 0.25) is 17.5 Å². The largest absolute Gasteiger partial charge is 0.496 e. The lowest BCUT2D eigenvalue weighted by Gasteiger charge is -2.22. The van der Waals surface area contributed by atoms with Crippen molar-refractivity contribution in [3.05, 3.63) is 53.4 Å². The minimum Gasteiger partial charge on any atom is -0.496 e. The number of methoxy groups -OCH3 is 1. The fourth-order valence-electron chi connectivity index (χ4n) is 5.15. The number of benzene rings is 1. The highest BCUT2D eigenvalue weighted by molar-refractivity contribution is 8.77. The molecule has 3 rings (SSSR count). The Morgan fingerprint density at radius 3 is 2.30 bits per heavy atom. The lowest BCUT2D eigenvalue weighted by molar-refractivity contribution is -0.121. The fraction of sp³-hybridized carbons (Fsp3) is 0.606. The maximum Gasteiger partial charge on any atom is 0.219 e. The highest BCUT2D eigenvalue weighted by Crippen LogP contribution is 2.39. The molecule has 1 aliphatic carbocycles. The van der Waals surface area contributed by atoms with E-state index in [1.807, 2.05) is 39.8 Å². The van der Waals surface area contributed by atoms with E-state index in [1.54, 1.807) is 7.11 Å². The van der Waals surface area contributed by atoms with Crippen molar-refractivity contribution in [1.82, 2.24) is 20.9 Å². The van der Waals surface area contributed by atoms with Gasteiger partial charge in [-0.05, 0) is 51.1 Å². The number of allylic oxidation sites excluding steroid dienone is 2. The summed E-state index contributed by atoms with van der Waals surface area (Å²) in [7, 11) is 5.67. The van der Waals surface area contributed by atoms with Crippen LogP contribution in [0.1, 0.15) is 76.7 Å². The molecule has 1 unspecified atom stereocenters.